The Kier molecular flexibility index (Phi) is 6.57. The van der Waals surface area contributed by atoms with Gasteiger partial charge in [0.2, 0.25) is 0 Å². The van der Waals surface area contributed by atoms with E-state index in [2.05, 4.69) is 12.2 Å². The number of para-hydroxylation sites is 1. The quantitative estimate of drug-likeness (QED) is 0.803. The van der Waals surface area contributed by atoms with E-state index in [-0.39, 0.29) is 24.5 Å². The molecule has 0 radical (unpaired) electrons. The van der Waals surface area contributed by atoms with Crippen molar-refractivity contribution in [3.8, 4) is 5.75 Å². The van der Waals surface area contributed by atoms with E-state index in [0.29, 0.717) is 11.3 Å². The zero-order valence-electron chi connectivity index (χ0n) is 17.7. The van der Waals surface area contributed by atoms with Gasteiger partial charge in [-0.05, 0) is 81.8 Å². The number of hydrogen-bond donors (Lipinski definition) is 1. The van der Waals surface area contributed by atoms with Gasteiger partial charge < -0.3 is 15.0 Å². The maximum absolute atomic E-state index is 12.8. The van der Waals surface area contributed by atoms with Crippen molar-refractivity contribution in [3.63, 3.8) is 0 Å². The smallest absolute Gasteiger partial charge is 0.262 e. The molecule has 1 heterocycles. The largest absolute Gasteiger partial charge is 0.483 e. The second-order valence-electron chi connectivity index (χ2n) is 7.93. The number of nitrogens with one attached hydrogen (secondary N) is 1. The number of ether oxygens (including phenoxy) is 1. The van der Waals surface area contributed by atoms with Gasteiger partial charge in [0.15, 0.2) is 6.61 Å². The zero-order chi connectivity index (χ0) is 21.0. The van der Waals surface area contributed by atoms with Crippen molar-refractivity contribution in [3.05, 3.63) is 58.7 Å². The van der Waals surface area contributed by atoms with E-state index in [0.717, 1.165) is 41.8 Å². The Hall–Kier alpha value is -2.82. The average Bonchev–Trinajstić information content (AvgIpc) is 2.69. The Morgan fingerprint density at radius 3 is 2.45 bits per heavy atom. The molecule has 1 aliphatic rings. The highest BCUT2D eigenvalue weighted by molar-refractivity contribution is 5.97. The fourth-order valence-electron chi connectivity index (χ4n) is 3.85. The highest BCUT2D eigenvalue weighted by Gasteiger charge is 2.24. The number of rotatable bonds is 5. The van der Waals surface area contributed by atoms with E-state index in [4.69, 9.17) is 4.74 Å². The maximum atomic E-state index is 12.8. The molecule has 29 heavy (non-hydrogen) atoms. The van der Waals surface area contributed by atoms with Gasteiger partial charge in [-0.1, -0.05) is 18.2 Å². The summed E-state index contributed by atoms with van der Waals surface area (Å²) < 4.78 is 5.72. The molecule has 1 fully saturated rings. The number of amides is 2. The third-order valence-corrected chi connectivity index (χ3v) is 5.57. The highest BCUT2D eigenvalue weighted by Crippen LogP contribution is 2.24. The summed E-state index contributed by atoms with van der Waals surface area (Å²) in [6.45, 7) is 8.68. The summed E-state index contributed by atoms with van der Waals surface area (Å²) in [4.78, 5) is 27.1. The lowest BCUT2D eigenvalue weighted by Crippen LogP contribution is -2.42. The number of anilines is 1. The Bertz CT molecular complexity index is 887. The minimum absolute atomic E-state index is 0.0584. The third kappa shape index (κ3) is 4.97. The molecule has 2 amide bonds. The number of carbonyl (C=O) groups is 2. The predicted molar refractivity (Wildman–Crippen MR) is 116 cm³/mol. The minimum Gasteiger partial charge on any atom is -0.483 e. The number of likely N-dealkylation sites (tertiary alicyclic amines) is 1. The molecule has 1 unspecified atom stereocenters. The van der Waals surface area contributed by atoms with E-state index < -0.39 is 0 Å². The van der Waals surface area contributed by atoms with Crippen LogP contribution in [0.3, 0.4) is 0 Å². The van der Waals surface area contributed by atoms with Crippen LogP contribution in [0, 0.1) is 20.8 Å². The first kappa shape index (κ1) is 20.9. The summed E-state index contributed by atoms with van der Waals surface area (Å²) in [6, 6.07) is 11.6. The standard InChI is InChI=1S/C24H30N2O3/c1-16-8-7-9-17(2)23(16)29-15-22(27)25-21-12-11-20(14-18(21)3)24(28)26-13-6-5-10-19(26)4/h7-9,11-12,14,19H,5-6,10,13,15H2,1-4H3,(H,25,27). The van der Waals surface area contributed by atoms with E-state index >= 15 is 0 Å². The van der Waals surface area contributed by atoms with Crippen LogP contribution in [0.2, 0.25) is 0 Å². The molecule has 0 saturated carbocycles. The van der Waals surface area contributed by atoms with Crippen LogP contribution < -0.4 is 10.1 Å². The van der Waals surface area contributed by atoms with Crippen molar-refractivity contribution < 1.29 is 14.3 Å². The van der Waals surface area contributed by atoms with Crippen LogP contribution in [0.5, 0.6) is 5.75 Å². The van der Waals surface area contributed by atoms with E-state index in [1.165, 1.54) is 6.42 Å². The first-order chi connectivity index (χ1) is 13.9. The number of piperidine rings is 1. The van der Waals surface area contributed by atoms with Crippen molar-refractivity contribution in [2.24, 2.45) is 0 Å². The molecule has 3 rings (SSSR count). The van der Waals surface area contributed by atoms with E-state index in [1.807, 2.05) is 49.9 Å². The minimum atomic E-state index is -0.223. The van der Waals surface area contributed by atoms with Gasteiger partial charge in [-0.25, -0.2) is 0 Å². The Morgan fingerprint density at radius 1 is 1.07 bits per heavy atom. The summed E-state index contributed by atoms with van der Waals surface area (Å²) in [5, 5.41) is 2.89. The van der Waals surface area contributed by atoms with Crippen molar-refractivity contribution >= 4 is 17.5 Å². The van der Waals surface area contributed by atoms with Gasteiger partial charge in [-0.15, -0.1) is 0 Å². The first-order valence-electron chi connectivity index (χ1n) is 10.3. The predicted octanol–water partition coefficient (Wildman–Crippen LogP) is 4.64. The number of nitrogens with zero attached hydrogens (tertiary/aromatic N) is 1. The topological polar surface area (TPSA) is 58.6 Å². The van der Waals surface area contributed by atoms with Crippen molar-refractivity contribution in [2.75, 3.05) is 18.5 Å². The summed E-state index contributed by atoms with van der Waals surface area (Å²) in [5.41, 5.74) is 4.23. The molecular formula is C24H30N2O3. The fraction of sp³-hybridized carbons (Fsp3) is 0.417. The first-order valence-corrected chi connectivity index (χ1v) is 10.3. The van der Waals surface area contributed by atoms with Gasteiger partial charge in [0.05, 0.1) is 0 Å². The number of carbonyl (C=O) groups excluding carboxylic acids is 2. The van der Waals surface area contributed by atoms with Gasteiger partial charge in [0.1, 0.15) is 5.75 Å². The average molecular weight is 395 g/mol. The molecule has 2 aromatic carbocycles. The van der Waals surface area contributed by atoms with Crippen LogP contribution in [-0.2, 0) is 4.79 Å². The molecule has 1 N–H and O–H groups in total. The summed E-state index contributed by atoms with van der Waals surface area (Å²) in [5.74, 6) is 0.590. The fourth-order valence-corrected chi connectivity index (χ4v) is 3.85. The SMILES string of the molecule is Cc1cc(C(=O)N2CCCCC2C)ccc1NC(=O)COc1c(C)cccc1C. The number of hydrogen-bond acceptors (Lipinski definition) is 3. The monoisotopic (exact) mass is 394 g/mol. The Labute approximate surface area is 173 Å². The lowest BCUT2D eigenvalue weighted by molar-refractivity contribution is -0.118. The molecule has 154 valence electrons. The van der Waals surface area contributed by atoms with Crippen molar-refractivity contribution in [1.29, 1.82) is 0 Å². The van der Waals surface area contributed by atoms with E-state index in [9.17, 15) is 9.59 Å². The molecule has 5 heteroatoms. The molecule has 0 bridgehead atoms. The van der Waals surface area contributed by atoms with Crippen molar-refractivity contribution in [1.82, 2.24) is 4.90 Å². The maximum Gasteiger partial charge on any atom is 0.262 e. The normalized spacial score (nSPS) is 16.4. The van der Waals surface area contributed by atoms with Crippen molar-refractivity contribution in [2.45, 2.75) is 53.0 Å². The Balaban J connectivity index is 1.63. The molecule has 0 aliphatic carbocycles. The lowest BCUT2D eigenvalue weighted by atomic mass is 10.0. The highest BCUT2D eigenvalue weighted by atomic mass is 16.5. The van der Waals surface area contributed by atoms with Crippen LogP contribution in [0.15, 0.2) is 36.4 Å². The lowest BCUT2D eigenvalue weighted by Gasteiger charge is -2.33. The van der Waals surface area contributed by atoms with Gasteiger partial charge in [0.25, 0.3) is 11.8 Å². The Morgan fingerprint density at radius 2 is 1.79 bits per heavy atom. The summed E-state index contributed by atoms with van der Waals surface area (Å²) in [6.07, 6.45) is 3.29. The van der Waals surface area contributed by atoms with Gasteiger partial charge in [0, 0.05) is 23.8 Å². The number of benzene rings is 2. The third-order valence-electron chi connectivity index (χ3n) is 5.57. The molecule has 0 spiro atoms. The van der Waals surface area contributed by atoms with Gasteiger partial charge >= 0.3 is 0 Å². The van der Waals surface area contributed by atoms with Crippen LogP contribution in [-0.4, -0.2) is 35.9 Å². The van der Waals surface area contributed by atoms with Crippen LogP contribution in [0.4, 0.5) is 5.69 Å². The molecular weight excluding hydrogens is 364 g/mol. The summed E-state index contributed by atoms with van der Waals surface area (Å²) in [7, 11) is 0. The summed E-state index contributed by atoms with van der Waals surface area (Å²) >= 11 is 0. The molecule has 1 aliphatic heterocycles. The zero-order valence-corrected chi connectivity index (χ0v) is 17.7. The molecule has 2 aromatic rings. The van der Waals surface area contributed by atoms with Gasteiger partial charge in [-0.2, -0.15) is 0 Å². The van der Waals surface area contributed by atoms with E-state index in [1.54, 1.807) is 12.1 Å². The number of aryl methyl sites for hydroxylation is 3. The van der Waals surface area contributed by atoms with Crippen LogP contribution in [0.1, 0.15) is 53.2 Å². The van der Waals surface area contributed by atoms with Crippen LogP contribution in [0.25, 0.3) is 0 Å². The molecule has 1 atom stereocenters. The van der Waals surface area contributed by atoms with Gasteiger partial charge in [-0.3, -0.25) is 9.59 Å². The molecule has 0 aromatic heterocycles. The van der Waals surface area contributed by atoms with Crippen LogP contribution >= 0.6 is 0 Å². The molecule has 1 saturated heterocycles. The second kappa shape index (κ2) is 9.12. The molecule has 5 nitrogen and oxygen atoms in total. The second-order valence-corrected chi connectivity index (χ2v) is 7.93.